The fraction of sp³-hybridized carbons (Fsp3) is 0.217. The van der Waals surface area contributed by atoms with Gasteiger partial charge in [0.25, 0.3) is 4.84 Å². The number of rotatable bonds is 6. The second-order valence-corrected chi connectivity index (χ2v) is 9.79. The summed E-state index contributed by atoms with van der Waals surface area (Å²) in [5.41, 5.74) is 3.12. The van der Waals surface area contributed by atoms with Gasteiger partial charge in [-0.25, -0.2) is 14.6 Å². The Hall–Kier alpha value is -2.65. The van der Waals surface area contributed by atoms with Gasteiger partial charge in [0, 0.05) is 17.0 Å². The molecule has 7 nitrogen and oxygen atoms in total. The highest BCUT2D eigenvalue weighted by molar-refractivity contribution is 7.71. The maximum Gasteiger partial charge on any atom is 0.289 e. The van der Waals surface area contributed by atoms with Crippen LogP contribution >= 0.6 is 47.0 Å². The lowest BCUT2D eigenvalue weighted by molar-refractivity contribution is 0.521. The summed E-state index contributed by atoms with van der Waals surface area (Å²) in [6.07, 6.45) is 1.86. The van der Waals surface area contributed by atoms with E-state index in [0.29, 0.717) is 27.3 Å². The van der Waals surface area contributed by atoms with E-state index in [0.717, 1.165) is 28.5 Å². The Kier molecular flexibility index (Phi) is 6.24. The molecule has 2 aromatic carbocycles. The van der Waals surface area contributed by atoms with Crippen LogP contribution in [0.3, 0.4) is 0 Å². The second kappa shape index (κ2) is 9.19. The van der Waals surface area contributed by atoms with E-state index in [1.54, 1.807) is 12.1 Å². The maximum absolute atomic E-state index is 6.33. The van der Waals surface area contributed by atoms with Crippen LogP contribution in [0.15, 0.2) is 47.1 Å². The third-order valence-corrected chi connectivity index (χ3v) is 6.56. The lowest BCUT2D eigenvalue weighted by Gasteiger charge is -2.13. The normalized spacial score (nSPS) is 11.7. The van der Waals surface area contributed by atoms with Crippen molar-refractivity contribution in [1.29, 1.82) is 0 Å². The van der Waals surface area contributed by atoms with Gasteiger partial charge in [0.15, 0.2) is 5.82 Å². The highest BCUT2D eigenvalue weighted by atomic mass is 35.5. The lowest BCUT2D eigenvalue weighted by atomic mass is 10.1. The molecule has 1 N–H and O–H groups in total. The first kappa shape index (κ1) is 23.1. The average Bonchev–Trinajstić information content (AvgIpc) is 3.38. The van der Waals surface area contributed by atoms with Crippen molar-refractivity contribution in [3.8, 4) is 11.5 Å². The molecule has 0 atom stereocenters. The van der Waals surface area contributed by atoms with Gasteiger partial charge in [-0.05, 0) is 36.3 Å². The van der Waals surface area contributed by atoms with Crippen LogP contribution in [0.25, 0.3) is 33.4 Å². The molecule has 5 aromatic rings. The van der Waals surface area contributed by atoms with Crippen LogP contribution in [-0.4, -0.2) is 24.3 Å². The molecule has 3 heterocycles. The van der Waals surface area contributed by atoms with Gasteiger partial charge in [0.1, 0.15) is 17.7 Å². The van der Waals surface area contributed by atoms with Crippen LogP contribution in [0.5, 0.6) is 0 Å². The first-order chi connectivity index (χ1) is 16.3. The largest absolute Gasteiger partial charge is 0.409 e. The van der Waals surface area contributed by atoms with Crippen LogP contribution in [-0.2, 0) is 13.2 Å². The molecule has 0 spiro atoms. The van der Waals surface area contributed by atoms with Crippen molar-refractivity contribution in [2.75, 3.05) is 5.32 Å². The summed E-state index contributed by atoms with van der Waals surface area (Å²) >= 11 is 24.0. The molecule has 34 heavy (non-hydrogen) atoms. The minimum atomic E-state index is 0.169. The van der Waals surface area contributed by atoms with Crippen LogP contribution in [0, 0.1) is 10.8 Å². The van der Waals surface area contributed by atoms with Crippen molar-refractivity contribution < 1.29 is 4.42 Å². The minimum Gasteiger partial charge on any atom is -0.409 e. The number of para-hydroxylation sites is 1. The number of hydrogen-bond acceptors (Lipinski definition) is 6. The molecule has 0 amide bonds. The monoisotopic (exact) mass is 532 g/mol. The third-order valence-electron chi connectivity index (χ3n) is 5.24. The zero-order valence-electron chi connectivity index (χ0n) is 18.2. The number of hydrogen-bond donors (Lipinski definition) is 1. The van der Waals surface area contributed by atoms with Crippen LogP contribution in [0.1, 0.15) is 13.8 Å². The molecule has 174 valence electrons. The molecule has 0 bridgehead atoms. The van der Waals surface area contributed by atoms with Crippen molar-refractivity contribution in [2.45, 2.75) is 27.1 Å². The number of aromatic nitrogens is 5. The van der Waals surface area contributed by atoms with Gasteiger partial charge in [-0.2, -0.15) is 0 Å². The number of imidazole rings is 1. The predicted molar refractivity (Wildman–Crippen MR) is 139 cm³/mol. The Morgan fingerprint density at radius 2 is 1.94 bits per heavy atom. The van der Waals surface area contributed by atoms with E-state index in [1.165, 1.54) is 4.68 Å². The number of halogens is 3. The third kappa shape index (κ3) is 4.27. The van der Waals surface area contributed by atoms with Crippen LogP contribution < -0.4 is 5.32 Å². The van der Waals surface area contributed by atoms with Gasteiger partial charge < -0.3 is 14.3 Å². The van der Waals surface area contributed by atoms with Crippen LogP contribution in [0.4, 0.5) is 5.82 Å². The Bertz CT molecular complexity index is 1590. The van der Waals surface area contributed by atoms with E-state index in [9.17, 15) is 0 Å². The van der Waals surface area contributed by atoms with Gasteiger partial charge >= 0.3 is 0 Å². The summed E-state index contributed by atoms with van der Waals surface area (Å²) < 4.78 is 9.32. The number of nitrogens with one attached hydrogen (secondary N) is 1. The molecule has 0 saturated heterocycles. The van der Waals surface area contributed by atoms with Crippen molar-refractivity contribution >= 4 is 74.8 Å². The topological polar surface area (TPSA) is 73.7 Å². The molecule has 0 fully saturated rings. The van der Waals surface area contributed by atoms with Crippen molar-refractivity contribution in [1.82, 2.24) is 24.3 Å². The van der Waals surface area contributed by atoms with E-state index in [4.69, 9.17) is 56.4 Å². The molecule has 0 aliphatic carbocycles. The van der Waals surface area contributed by atoms with Gasteiger partial charge in [-0.15, -0.1) is 5.10 Å². The summed E-state index contributed by atoms with van der Waals surface area (Å²) in [5, 5.41) is 9.84. The molecular weight excluding hydrogens is 515 g/mol. The van der Waals surface area contributed by atoms with Gasteiger partial charge in [-0.3, -0.25) is 0 Å². The number of nitrogens with zero attached hydrogens (tertiary/aromatic N) is 5. The molecule has 5 rings (SSSR count). The van der Waals surface area contributed by atoms with E-state index >= 15 is 0 Å². The highest BCUT2D eigenvalue weighted by Crippen LogP contribution is 2.36. The van der Waals surface area contributed by atoms with E-state index < -0.39 is 0 Å². The Morgan fingerprint density at radius 1 is 1.15 bits per heavy atom. The lowest BCUT2D eigenvalue weighted by Crippen LogP contribution is -2.12. The zero-order valence-corrected chi connectivity index (χ0v) is 21.3. The Balaban J connectivity index is 1.53. The van der Waals surface area contributed by atoms with Crippen molar-refractivity contribution in [3.05, 3.63) is 62.6 Å². The fourth-order valence-corrected chi connectivity index (χ4v) is 4.67. The van der Waals surface area contributed by atoms with E-state index in [-0.39, 0.29) is 22.4 Å². The van der Waals surface area contributed by atoms with Crippen molar-refractivity contribution in [3.63, 3.8) is 0 Å². The predicted octanol–water partition coefficient (Wildman–Crippen LogP) is 7.46. The summed E-state index contributed by atoms with van der Waals surface area (Å²) in [5.74, 6) is 1.35. The molecule has 0 aliphatic heterocycles. The van der Waals surface area contributed by atoms with Crippen LogP contribution in [0.2, 0.25) is 15.1 Å². The first-order valence-corrected chi connectivity index (χ1v) is 12.1. The quantitative estimate of drug-likeness (QED) is 0.180. The van der Waals surface area contributed by atoms with Gasteiger partial charge in [0.05, 0.1) is 27.5 Å². The minimum absolute atomic E-state index is 0.169. The van der Waals surface area contributed by atoms with E-state index in [2.05, 4.69) is 33.8 Å². The second-order valence-electron chi connectivity index (χ2n) is 8.22. The zero-order chi connectivity index (χ0) is 24.0. The first-order valence-electron chi connectivity index (χ1n) is 10.5. The summed E-state index contributed by atoms with van der Waals surface area (Å²) in [4.78, 5) is 9.71. The number of benzene rings is 2. The fourth-order valence-electron chi connectivity index (χ4n) is 3.80. The summed E-state index contributed by atoms with van der Waals surface area (Å²) in [6, 6.07) is 11.1. The average molecular weight is 534 g/mol. The Morgan fingerprint density at radius 3 is 2.74 bits per heavy atom. The Labute approximate surface area is 215 Å². The molecule has 11 heteroatoms. The molecule has 0 saturated carbocycles. The number of anilines is 1. The number of pyridine rings is 1. The van der Waals surface area contributed by atoms with E-state index in [1.807, 2.05) is 30.6 Å². The smallest absolute Gasteiger partial charge is 0.289 e. The number of fused-ring (bicyclic) bond motifs is 3. The molecule has 3 aromatic heterocycles. The molecule has 0 unspecified atom stereocenters. The SMILES string of the molecule is CC(C)Cn1cnc2c3ccccc3nc(NCn3nc(-c4cc(Cl)cc(Cl)c4Cl)oc3=S)c21. The molecule has 0 aliphatic rings. The standard InChI is InChI=1S/C23H19Cl3N6OS/c1-12(2)9-31-10-27-19-14-5-3-4-6-17(14)29-21(20(19)31)28-11-32-23(34)33-22(30-32)15-7-13(24)8-16(25)18(15)26/h3-8,10,12H,9,11H2,1-2H3,(H,28,29). The maximum atomic E-state index is 6.33. The highest BCUT2D eigenvalue weighted by Gasteiger charge is 2.18. The molecule has 0 radical (unpaired) electrons. The van der Waals surface area contributed by atoms with Gasteiger partial charge in [0.2, 0.25) is 5.89 Å². The summed E-state index contributed by atoms with van der Waals surface area (Å²) in [7, 11) is 0. The van der Waals surface area contributed by atoms with Crippen molar-refractivity contribution in [2.24, 2.45) is 5.92 Å². The van der Waals surface area contributed by atoms with Gasteiger partial charge in [-0.1, -0.05) is 66.8 Å². The summed E-state index contributed by atoms with van der Waals surface area (Å²) in [6.45, 7) is 5.36. The molecular formula is C23H19Cl3N6OS.